The van der Waals surface area contributed by atoms with Crippen LogP contribution in [0, 0.1) is 5.92 Å². The highest BCUT2D eigenvalue weighted by Crippen LogP contribution is 2.16. The number of ether oxygens (including phenoxy) is 2. The van der Waals surface area contributed by atoms with E-state index >= 15 is 0 Å². The molecule has 10 heteroatoms. The maximum atomic E-state index is 12.3. The second-order valence-electron chi connectivity index (χ2n) is 7.46. The molecule has 0 saturated carbocycles. The van der Waals surface area contributed by atoms with Gasteiger partial charge in [-0.2, -0.15) is 13.2 Å². The molecule has 0 amide bonds. The van der Waals surface area contributed by atoms with Crippen LogP contribution < -0.4 is 10.6 Å². The van der Waals surface area contributed by atoms with Crippen molar-refractivity contribution in [1.82, 2.24) is 10.6 Å². The van der Waals surface area contributed by atoms with Gasteiger partial charge >= 0.3 is 6.18 Å². The zero-order valence-corrected chi connectivity index (χ0v) is 20.0. The molecule has 6 nitrogen and oxygen atoms in total. The van der Waals surface area contributed by atoms with Gasteiger partial charge in [0.1, 0.15) is 12.4 Å². The summed E-state index contributed by atoms with van der Waals surface area (Å²) in [6.45, 7) is 1.99. The van der Waals surface area contributed by atoms with Crippen LogP contribution in [0.2, 0.25) is 0 Å². The summed E-state index contributed by atoms with van der Waals surface area (Å²) in [5, 5.41) is 6.66. The van der Waals surface area contributed by atoms with Crippen molar-refractivity contribution in [3.05, 3.63) is 59.5 Å². The van der Waals surface area contributed by atoms with E-state index < -0.39 is 12.8 Å². The molecule has 3 rings (SSSR count). The summed E-state index contributed by atoms with van der Waals surface area (Å²) in [4.78, 5) is 4.64. The molecule has 178 valence electrons. The Morgan fingerprint density at radius 3 is 2.72 bits per heavy atom. The highest BCUT2D eigenvalue weighted by Gasteiger charge is 2.27. The third-order valence-corrected chi connectivity index (χ3v) is 4.77. The van der Waals surface area contributed by atoms with E-state index in [0.717, 1.165) is 43.9 Å². The summed E-state index contributed by atoms with van der Waals surface area (Å²) in [5.41, 5.74) is 1.57. The standard InChI is InChI=1S/C22H28F3N3O3.HI/c23-22(24,25)16-30-14-18-4-1-3-17(11-18)12-27-21(28-13-19-7-10-29-15-19)26-8-6-20-5-2-9-31-20;/h1-5,9,11,19H,6-8,10,12-16H2,(H2,26,27,28);1H. The highest BCUT2D eigenvalue weighted by molar-refractivity contribution is 14.0. The third-order valence-electron chi connectivity index (χ3n) is 4.77. The highest BCUT2D eigenvalue weighted by atomic mass is 127. The lowest BCUT2D eigenvalue weighted by Gasteiger charge is -2.15. The lowest BCUT2D eigenvalue weighted by molar-refractivity contribution is -0.176. The maximum Gasteiger partial charge on any atom is 0.411 e. The van der Waals surface area contributed by atoms with Gasteiger partial charge in [0.15, 0.2) is 5.96 Å². The van der Waals surface area contributed by atoms with Gasteiger partial charge in [0.25, 0.3) is 0 Å². The SMILES string of the molecule is FC(F)(F)COCc1cccc(CN=C(NCCc2ccco2)NCC2CCOC2)c1.I. The Morgan fingerprint density at radius 2 is 2.00 bits per heavy atom. The Hall–Kier alpha value is -1.79. The zero-order valence-electron chi connectivity index (χ0n) is 17.7. The topological polar surface area (TPSA) is 68.0 Å². The van der Waals surface area contributed by atoms with Crippen LogP contribution in [-0.4, -0.2) is 45.0 Å². The fourth-order valence-corrected chi connectivity index (χ4v) is 3.19. The molecule has 2 N–H and O–H groups in total. The molecule has 0 radical (unpaired) electrons. The molecule has 1 aliphatic rings. The Labute approximate surface area is 203 Å². The third kappa shape index (κ3) is 10.2. The Bertz CT molecular complexity index is 810. The van der Waals surface area contributed by atoms with Gasteiger partial charge in [-0.1, -0.05) is 24.3 Å². The van der Waals surface area contributed by atoms with Crippen molar-refractivity contribution < 1.29 is 27.1 Å². The Balaban J connectivity index is 0.00000363. The van der Waals surface area contributed by atoms with Crippen LogP contribution in [0.15, 0.2) is 52.1 Å². The molecule has 32 heavy (non-hydrogen) atoms. The number of nitrogens with zero attached hydrogens (tertiary/aromatic N) is 1. The van der Waals surface area contributed by atoms with Gasteiger partial charge in [-0.3, -0.25) is 0 Å². The van der Waals surface area contributed by atoms with Gasteiger partial charge in [-0.15, -0.1) is 24.0 Å². The van der Waals surface area contributed by atoms with E-state index in [1.165, 1.54) is 0 Å². The molecule has 1 fully saturated rings. The zero-order chi connectivity index (χ0) is 21.9. The van der Waals surface area contributed by atoms with E-state index in [-0.39, 0.29) is 30.6 Å². The number of rotatable bonds is 10. The molecular weight excluding hydrogens is 538 g/mol. The van der Waals surface area contributed by atoms with Crippen molar-refractivity contribution in [3.8, 4) is 0 Å². The average Bonchev–Trinajstić information content (AvgIpc) is 3.43. The van der Waals surface area contributed by atoms with Crippen LogP contribution in [0.25, 0.3) is 0 Å². The molecule has 0 bridgehead atoms. The molecule has 1 aliphatic heterocycles. The number of alkyl halides is 3. The number of furan rings is 1. The number of aliphatic imine (C=N–C) groups is 1. The number of hydrogen-bond donors (Lipinski definition) is 2. The smallest absolute Gasteiger partial charge is 0.411 e. The summed E-state index contributed by atoms with van der Waals surface area (Å²) in [5.74, 6) is 2.02. The van der Waals surface area contributed by atoms with E-state index in [4.69, 9.17) is 13.9 Å². The Morgan fingerprint density at radius 1 is 1.16 bits per heavy atom. The molecule has 1 aromatic carbocycles. The lowest BCUT2D eigenvalue weighted by atomic mass is 10.1. The number of benzene rings is 1. The molecular formula is C22H29F3IN3O3. The van der Waals surface area contributed by atoms with E-state index in [2.05, 4.69) is 15.6 Å². The maximum absolute atomic E-state index is 12.3. The fraction of sp³-hybridized carbons (Fsp3) is 0.500. The molecule has 1 unspecified atom stereocenters. The molecule has 0 spiro atoms. The van der Waals surface area contributed by atoms with Gasteiger partial charge in [-0.25, -0.2) is 4.99 Å². The fourth-order valence-electron chi connectivity index (χ4n) is 3.19. The predicted molar refractivity (Wildman–Crippen MR) is 126 cm³/mol. The molecule has 2 aromatic rings. The summed E-state index contributed by atoms with van der Waals surface area (Å²) in [6, 6.07) is 11.0. The summed E-state index contributed by atoms with van der Waals surface area (Å²) < 4.78 is 52.3. The number of nitrogens with one attached hydrogen (secondary N) is 2. The van der Waals surface area contributed by atoms with Crippen LogP contribution in [-0.2, 0) is 29.0 Å². The van der Waals surface area contributed by atoms with Crippen LogP contribution in [0.3, 0.4) is 0 Å². The summed E-state index contributed by atoms with van der Waals surface area (Å²) in [7, 11) is 0. The van der Waals surface area contributed by atoms with E-state index in [1.54, 1.807) is 18.4 Å². The number of halogens is 4. The largest absolute Gasteiger partial charge is 0.469 e. The van der Waals surface area contributed by atoms with Crippen molar-refractivity contribution in [2.24, 2.45) is 10.9 Å². The minimum absolute atomic E-state index is 0. The van der Waals surface area contributed by atoms with Gasteiger partial charge in [0.2, 0.25) is 0 Å². The molecule has 2 heterocycles. The van der Waals surface area contributed by atoms with E-state index in [1.807, 2.05) is 24.3 Å². The Kier molecular flexibility index (Phi) is 11.3. The quantitative estimate of drug-likeness (QED) is 0.255. The average molecular weight is 567 g/mol. The first-order valence-corrected chi connectivity index (χ1v) is 10.3. The second-order valence-corrected chi connectivity index (χ2v) is 7.46. The first kappa shape index (κ1) is 26.5. The molecule has 1 aromatic heterocycles. The van der Waals surface area contributed by atoms with Crippen molar-refractivity contribution >= 4 is 29.9 Å². The first-order valence-electron chi connectivity index (χ1n) is 10.3. The van der Waals surface area contributed by atoms with Crippen molar-refractivity contribution in [2.75, 3.05) is 32.9 Å². The normalized spacial score (nSPS) is 16.6. The van der Waals surface area contributed by atoms with Crippen molar-refractivity contribution in [2.45, 2.75) is 32.2 Å². The number of hydrogen-bond acceptors (Lipinski definition) is 4. The minimum atomic E-state index is -4.33. The summed E-state index contributed by atoms with van der Waals surface area (Å²) >= 11 is 0. The van der Waals surface area contributed by atoms with E-state index in [0.29, 0.717) is 30.5 Å². The number of guanidine groups is 1. The second kappa shape index (κ2) is 13.7. The van der Waals surface area contributed by atoms with Crippen molar-refractivity contribution in [1.29, 1.82) is 0 Å². The van der Waals surface area contributed by atoms with Gasteiger partial charge < -0.3 is 24.5 Å². The van der Waals surface area contributed by atoms with Gasteiger partial charge in [0, 0.05) is 32.0 Å². The van der Waals surface area contributed by atoms with Crippen LogP contribution in [0.1, 0.15) is 23.3 Å². The monoisotopic (exact) mass is 567 g/mol. The predicted octanol–water partition coefficient (Wildman–Crippen LogP) is 4.29. The van der Waals surface area contributed by atoms with Crippen LogP contribution in [0.4, 0.5) is 13.2 Å². The first-order chi connectivity index (χ1) is 15.0. The van der Waals surface area contributed by atoms with E-state index in [9.17, 15) is 13.2 Å². The molecule has 1 atom stereocenters. The summed E-state index contributed by atoms with van der Waals surface area (Å²) in [6.07, 6.45) is -0.929. The molecule has 1 saturated heterocycles. The lowest BCUT2D eigenvalue weighted by Crippen LogP contribution is -2.40. The van der Waals surface area contributed by atoms with Crippen molar-refractivity contribution in [3.63, 3.8) is 0 Å². The van der Waals surface area contributed by atoms with Crippen LogP contribution in [0.5, 0.6) is 0 Å². The molecule has 0 aliphatic carbocycles. The minimum Gasteiger partial charge on any atom is -0.469 e. The van der Waals surface area contributed by atoms with Crippen LogP contribution >= 0.6 is 24.0 Å². The van der Waals surface area contributed by atoms with Gasteiger partial charge in [-0.05, 0) is 29.7 Å². The van der Waals surface area contributed by atoms with Gasteiger partial charge in [0.05, 0.1) is 26.0 Å².